The van der Waals surface area contributed by atoms with Gasteiger partial charge in [0.05, 0.1) is 33.4 Å². The summed E-state index contributed by atoms with van der Waals surface area (Å²) < 4.78 is 5.74. The Bertz CT molecular complexity index is 1500. The van der Waals surface area contributed by atoms with Crippen LogP contribution in [0.1, 0.15) is 31.8 Å². The van der Waals surface area contributed by atoms with E-state index in [1.165, 1.54) is 48.8 Å². The van der Waals surface area contributed by atoms with Gasteiger partial charge in [0.15, 0.2) is 0 Å². The molecule has 0 aliphatic heterocycles. The summed E-state index contributed by atoms with van der Waals surface area (Å²) in [6.45, 7) is 0.202. The van der Waals surface area contributed by atoms with Gasteiger partial charge in [0.2, 0.25) is 0 Å². The maximum absolute atomic E-state index is 12.9. The molecule has 0 saturated heterocycles. The number of ether oxygens (including phenoxy) is 1. The number of hydrogen-bond acceptors (Lipinski definition) is 7. The minimum atomic E-state index is -0.730. The molecule has 3 aromatic carbocycles. The number of halogens is 1. The van der Waals surface area contributed by atoms with Gasteiger partial charge in [-0.3, -0.25) is 9.59 Å². The Morgan fingerprint density at radius 1 is 1.08 bits per heavy atom. The van der Waals surface area contributed by atoms with Crippen molar-refractivity contribution in [2.24, 2.45) is 0 Å². The Labute approximate surface area is 215 Å². The number of aromatic nitrogens is 1. The maximum Gasteiger partial charge on any atom is 0.354 e. The zero-order valence-electron chi connectivity index (χ0n) is 18.9. The highest BCUT2D eigenvalue weighted by Crippen LogP contribution is 2.22. The summed E-state index contributed by atoms with van der Waals surface area (Å²) in [4.78, 5) is 42.0. The van der Waals surface area contributed by atoms with Gasteiger partial charge in [-0.25, -0.2) is 9.78 Å². The molecular formula is C26H20ClN3O5S. The highest BCUT2D eigenvalue weighted by Gasteiger charge is 2.18. The second-order valence-electron chi connectivity index (χ2n) is 7.63. The van der Waals surface area contributed by atoms with Crippen LogP contribution in [0.15, 0.2) is 71.9 Å². The quantitative estimate of drug-likeness (QED) is 0.243. The van der Waals surface area contributed by atoms with Gasteiger partial charge in [-0.05, 0) is 59.7 Å². The van der Waals surface area contributed by atoms with Gasteiger partial charge >= 0.3 is 5.97 Å². The van der Waals surface area contributed by atoms with Gasteiger partial charge in [-0.1, -0.05) is 29.8 Å². The number of hydrogen-bond donors (Lipinski definition) is 3. The van der Waals surface area contributed by atoms with Crippen LogP contribution in [0, 0.1) is 0 Å². The highest BCUT2D eigenvalue weighted by atomic mass is 35.5. The zero-order chi connectivity index (χ0) is 25.7. The van der Waals surface area contributed by atoms with Crippen molar-refractivity contribution in [3.05, 3.63) is 99.1 Å². The van der Waals surface area contributed by atoms with Gasteiger partial charge in [0.1, 0.15) is 11.4 Å². The predicted octanol–water partition coefficient (Wildman–Crippen LogP) is 4.53. The summed E-state index contributed by atoms with van der Waals surface area (Å²) in [7, 11) is 1.21. The molecule has 0 fully saturated rings. The van der Waals surface area contributed by atoms with Crippen molar-refractivity contribution in [1.82, 2.24) is 15.6 Å². The van der Waals surface area contributed by atoms with Gasteiger partial charge in [-0.15, -0.1) is 11.3 Å². The van der Waals surface area contributed by atoms with Crippen LogP contribution in [0.5, 0.6) is 5.75 Å². The number of rotatable bonds is 7. The van der Waals surface area contributed by atoms with Crippen molar-refractivity contribution < 1.29 is 24.2 Å². The molecule has 1 aromatic heterocycles. The number of benzene rings is 3. The lowest BCUT2D eigenvalue weighted by Crippen LogP contribution is -2.28. The Kier molecular flexibility index (Phi) is 7.62. The molecule has 36 heavy (non-hydrogen) atoms. The smallest absolute Gasteiger partial charge is 0.354 e. The molecule has 0 bridgehead atoms. The first-order valence-corrected chi connectivity index (χ1v) is 11.9. The van der Waals surface area contributed by atoms with Crippen LogP contribution >= 0.6 is 22.9 Å². The van der Waals surface area contributed by atoms with Gasteiger partial charge in [0.25, 0.3) is 11.8 Å². The second kappa shape index (κ2) is 11.0. The normalized spacial score (nSPS) is 11.2. The molecule has 0 spiro atoms. The van der Waals surface area contributed by atoms with Crippen LogP contribution in [0.3, 0.4) is 0 Å². The summed E-state index contributed by atoms with van der Waals surface area (Å²) >= 11 is 7.76. The molecule has 0 unspecified atom stereocenters. The van der Waals surface area contributed by atoms with Crippen LogP contribution in [0.2, 0.25) is 5.02 Å². The largest absolute Gasteiger partial charge is 0.508 e. The van der Waals surface area contributed by atoms with Gasteiger partial charge in [-0.2, -0.15) is 0 Å². The number of aromatic hydroxyl groups is 1. The monoisotopic (exact) mass is 521 g/mol. The average molecular weight is 522 g/mol. The minimum absolute atomic E-state index is 0.0350. The van der Waals surface area contributed by atoms with Crippen molar-refractivity contribution in [3.8, 4) is 5.75 Å². The maximum atomic E-state index is 12.9. The fourth-order valence-electron chi connectivity index (χ4n) is 3.37. The molecule has 2 amide bonds. The fraction of sp³-hybridized carbons (Fsp3) is 0.0769. The number of methoxy groups -OCH3 is 1. The van der Waals surface area contributed by atoms with Crippen molar-refractivity contribution >= 4 is 57.0 Å². The fourth-order valence-corrected chi connectivity index (χ4v) is 4.36. The first-order chi connectivity index (χ1) is 17.3. The van der Waals surface area contributed by atoms with E-state index < -0.39 is 17.8 Å². The summed E-state index contributed by atoms with van der Waals surface area (Å²) in [5.41, 5.74) is 4.21. The molecule has 0 saturated carbocycles. The third-order valence-electron chi connectivity index (χ3n) is 5.16. The topological polar surface area (TPSA) is 118 Å². The first-order valence-electron chi connectivity index (χ1n) is 10.6. The SMILES string of the molecule is COC(=O)/C(=C/c1ccc2ncsc2c1)NC(=O)c1ccc(C(=O)NCc2cccc(O)c2)cc1Cl. The molecule has 10 heteroatoms. The molecular weight excluding hydrogens is 502 g/mol. The molecule has 0 radical (unpaired) electrons. The Morgan fingerprint density at radius 3 is 2.67 bits per heavy atom. The van der Waals surface area contributed by atoms with E-state index in [9.17, 15) is 19.5 Å². The third kappa shape index (κ3) is 5.88. The molecule has 4 rings (SSSR count). The number of phenols is 1. The standard InChI is InChI=1S/C26H20ClN3O5S/c1-35-26(34)22(10-15-5-8-21-23(11-15)36-14-29-21)30-25(33)19-7-6-17(12-20(19)27)24(32)28-13-16-3-2-4-18(31)9-16/h2-12,14,31H,13H2,1H3,(H,28,32)(H,30,33)/b22-10-. The van der Waals surface area contributed by atoms with E-state index in [1.54, 1.807) is 29.8 Å². The summed E-state index contributed by atoms with van der Waals surface area (Å²) in [6, 6.07) is 16.2. The lowest BCUT2D eigenvalue weighted by atomic mass is 10.1. The number of nitrogens with one attached hydrogen (secondary N) is 2. The molecule has 0 aliphatic carbocycles. The third-order valence-corrected chi connectivity index (χ3v) is 6.26. The van der Waals surface area contributed by atoms with Crippen LogP contribution in [-0.4, -0.2) is 35.0 Å². The van der Waals surface area contributed by atoms with E-state index >= 15 is 0 Å². The number of thiazole rings is 1. The Morgan fingerprint density at radius 2 is 1.92 bits per heavy atom. The molecule has 8 nitrogen and oxygen atoms in total. The number of esters is 1. The van der Waals surface area contributed by atoms with Crippen molar-refractivity contribution in [2.75, 3.05) is 7.11 Å². The van der Waals surface area contributed by atoms with Crippen molar-refractivity contribution in [1.29, 1.82) is 0 Å². The van der Waals surface area contributed by atoms with E-state index in [0.717, 1.165) is 15.8 Å². The number of nitrogens with zero attached hydrogens (tertiary/aromatic N) is 1. The van der Waals surface area contributed by atoms with E-state index in [0.29, 0.717) is 5.56 Å². The zero-order valence-corrected chi connectivity index (χ0v) is 20.5. The van der Waals surface area contributed by atoms with Crippen LogP contribution in [0.25, 0.3) is 16.3 Å². The van der Waals surface area contributed by atoms with Crippen molar-refractivity contribution in [3.63, 3.8) is 0 Å². The lowest BCUT2D eigenvalue weighted by Gasteiger charge is -2.11. The molecule has 1 heterocycles. The first kappa shape index (κ1) is 24.9. The average Bonchev–Trinajstić information content (AvgIpc) is 3.34. The molecule has 182 valence electrons. The summed E-state index contributed by atoms with van der Waals surface area (Å²) in [6.07, 6.45) is 1.50. The van der Waals surface area contributed by atoms with Gasteiger partial charge in [0, 0.05) is 12.1 Å². The van der Waals surface area contributed by atoms with Gasteiger partial charge < -0.3 is 20.5 Å². The number of amides is 2. The summed E-state index contributed by atoms with van der Waals surface area (Å²) in [5, 5.41) is 14.8. The number of carbonyl (C=O) groups excluding carboxylic acids is 3. The van der Waals surface area contributed by atoms with Crippen LogP contribution < -0.4 is 10.6 Å². The number of fused-ring (bicyclic) bond motifs is 1. The Hall–Kier alpha value is -4.21. The Balaban J connectivity index is 1.49. The molecule has 4 aromatic rings. The predicted molar refractivity (Wildman–Crippen MR) is 138 cm³/mol. The molecule has 0 atom stereocenters. The minimum Gasteiger partial charge on any atom is -0.508 e. The molecule has 3 N–H and O–H groups in total. The summed E-state index contributed by atoms with van der Waals surface area (Å²) in [5.74, 6) is -1.67. The van der Waals surface area contributed by atoms with E-state index in [4.69, 9.17) is 16.3 Å². The lowest BCUT2D eigenvalue weighted by molar-refractivity contribution is -0.136. The number of carbonyl (C=O) groups is 3. The van der Waals surface area contributed by atoms with E-state index in [1.807, 2.05) is 12.1 Å². The van der Waals surface area contributed by atoms with Crippen LogP contribution in [0.4, 0.5) is 0 Å². The van der Waals surface area contributed by atoms with Crippen molar-refractivity contribution in [2.45, 2.75) is 6.54 Å². The highest BCUT2D eigenvalue weighted by molar-refractivity contribution is 7.16. The van der Waals surface area contributed by atoms with E-state index in [-0.39, 0.29) is 34.1 Å². The molecule has 0 aliphatic rings. The number of phenolic OH excluding ortho intramolecular Hbond substituents is 1. The van der Waals surface area contributed by atoms with Crippen LogP contribution in [-0.2, 0) is 16.1 Å². The van der Waals surface area contributed by atoms with E-state index in [2.05, 4.69) is 15.6 Å². The second-order valence-corrected chi connectivity index (χ2v) is 8.92.